The van der Waals surface area contributed by atoms with Crippen LogP contribution in [0.15, 0.2) is 47.6 Å². The quantitative estimate of drug-likeness (QED) is 0.538. The van der Waals surface area contributed by atoms with Gasteiger partial charge in [-0.2, -0.15) is 5.10 Å². The van der Waals surface area contributed by atoms with Gasteiger partial charge in [-0.1, -0.05) is 6.07 Å². The molecule has 0 saturated carbocycles. The van der Waals surface area contributed by atoms with Gasteiger partial charge in [0.05, 0.1) is 27.1 Å². The van der Waals surface area contributed by atoms with Crippen LogP contribution in [0, 0.1) is 5.82 Å². The highest BCUT2D eigenvalue weighted by Gasteiger charge is 2.09. The van der Waals surface area contributed by atoms with Crippen molar-refractivity contribution in [2.24, 2.45) is 5.10 Å². The number of amides is 2. The van der Waals surface area contributed by atoms with E-state index in [0.717, 1.165) is 5.56 Å². The summed E-state index contributed by atoms with van der Waals surface area (Å²) >= 11 is 0. The van der Waals surface area contributed by atoms with Crippen LogP contribution < -0.4 is 20.2 Å². The highest BCUT2D eigenvalue weighted by atomic mass is 19.1. The molecular weight excluding hydrogens is 365 g/mol. The summed E-state index contributed by atoms with van der Waals surface area (Å²) in [5, 5.41) is 6.56. The average Bonchev–Trinajstić information content (AvgIpc) is 2.68. The first-order valence-corrected chi connectivity index (χ1v) is 8.49. The molecule has 8 heteroatoms. The Hall–Kier alpha value is -3.42. The second-order valence-electron chi connectivity index (χ2n) is 5.98. The number of methoxy groups -OCH3 is 2. The zero-order chi connectivity index (χ0) is 20.5. The monoisotopic (exact) mass is 387 g/mol. The van der Waals surface area contributed by atoms with E-state index >= 15 is 0 Å². The lowest BCUT2D eigenvalue weighted by Gasteiger charge is -2.09. The normalized spacial score (nSPS) is 10.9. The first-order chi connectivity index (χ1) is 13.4. The molecule has 7 nitrogen and oxygen atoms in total. The van der Waals surface area contributed by atoms with Crippen molar-refractivity contribution in [1.29, 1.82) is 0 Å². The van der Waals surface area contributed by atoms with Crippen molar-refractivity contribution < 1.29 is 23.5 Å². The largest absolute Gasteiger partial charge is 0.493 e. The zero-order valence-corrected chi connectivity index (χ0v) is 15.9. The molecule has 0 unspecified atom stereocenters. The van der Waals surface area contributed by atoms with Gasteiger partial charge in [-0.05, 0) is 48.9 Å². The molecular formula is C20H22FN3O4. The van der Waals surface area contributed by atoms with Crippen LogP contribution in [0.2, 0.25) is 0 Å². The Morgan fingerprint density at radius 2 is 1.68 bits per heavy atom. The molecule has 0 fully saturated rings. The number of hydrogen-bond donors (Lipinski definition) is 2. The number of benzene rings is 2. The van der Waals surface area contributed by atoms with E-state index in [1.165, 1.54) is 38.5 Å². The first-order valence-electron chi connectivity index (χ1n) is 8.49. The van der Waals surface area contributed by atoms with Crippen LogP contribution in [0.4, 0.5) is 10.1 Å². The Labute approximate surface area is 162 Å². The van der Waals surface area contributed by atoms with Gasteiger partial charge in [-0.3, -0.25) is 9.59 Å². The van der Waals surface area contributed by atoms with Crippen molar-refractivity contribution in [2.75, 3.05) is 19.5 Å². The number of anilines is 1. The molecule has 0 radical (unpaired) electrons. The Bertz CT molecular complexity index is 866. The molecule has 0 aliphatic rings. The molecule has 0 aliphatic heterocycles. The van der Waals surface area contributed by atoms with Gasteiger partial charge in [0.1, 0.15) is 5.82 Å². The molecule has 0 aliphatic carbocycles. The Morgan fingerprint density at radius 1 is 1.00 bits per heavy atom. The lowest BCUT2D eigenvalue weighted by molar-refractivity contribution is -0.120. The zero-order valence-electron chi connectivity index (χ0n) is 15.9. The van der Waals surface area contributed by atoms with Crippen LogP contribution in [-0.2, 0) is 16.0 Å². The van der Waals surface area contributed by atoms with E-state index in [1.54, 1.807) is 25.1 Å². The van der Waals surface area contributed by atoms with Crippen molar-refractivity contribution in [2.45, 2.75) is 19.8 Å². The third-order valence-corrected chi connectivity index (χ3v) is 3.73. The summed E-state index contributed by atoms with van der Waals surface area (Å²) in [7, 11) is 3.06. The summed E-state index contributed by atoms with van der Waals surface area (Å²) in [6.07, 6.45) is 0.0902. The fourth-order valence-electron chi connectivity index (χ4n) is 2.38. The van der Waals surface area contributed by atoms with E-state index in [4.69, 9.17) is 9.47 Å². The van der Waals surface area contributed by atoms with E-state index < -0.39 is 0 Å². The number of ether oxygens (including phenoxy) is 2. The van der Waals surface area contributed by atoms with Crippen molar-refractivity contribution in [3.63, 3.8) is 0 Å². The minimum absolute atomic E-state index is 0.00594. The van der Waals surface area contributed by atoms with Crippen molar-refractivity contribution >= 4 is 23.2 Å². The summed E-state index contributed by atoms with van der Waals surface area (Å²) in [5.41, 5.74) is 4.07. The fourth-order valence-corrected chi connectivity index (χ4v) is 2.38. The van der Waals surface area contributed by atoms with Crippen molar-refractivity contribution in [1.82, 2.24) is 5.43 Å². The van der Waals surface area contributed by atoms with Gasteiger partial charge in [0.2, 0.25) is 11.8 Å². The smallest absolute Gasteiger partial charge is 0.244 e. The second kappa shape index (κ2) is 10.1. The number of nitrogens with zero attached hydrogens (tertiary/aromatic N) is 1. The second-order valence-corrected chi connectivity index (χ2v) is 5.98. The van der Waals surface area contributed by atoms with Crippen LogP contribution in [0.1, 0.15) is 18.9 Å². The van der Waals surface area contributed by atoms with Gasteiger partial charge in [-0.15, -0.1) is 0 Å². The molecule has 28 heavy (non-hydrogen) atoms. The van der Waals surface area contributed by atoms with Crippen LogP contribution in [0.5, 0.6) is 11.5 Å². The number of nitrogens with one attached hydrogen (secondary N) is 2. The number of carbonyl (C=O) groups excluding carboxylic acids is 2. The third kappa shape index (κ3) is 6.39. The lowest BCUT2D eigenvalue weighted by atomic mass is 10.1. The van der Waals surface area contributed by atoms with E-state index in [1.807, 2.05) is 0 Å². The van der Waals surface area contributed by atoms with Gasteiger partial charge < -0.3 is 14.8 Å². The maximum absolute atomic E-state index is 12.9. The topological polar surface area (TPSA) is 89.0 Å². The van der Waals surface area contributed by atoms with E-state index in [2.05, 4.69) is 15.8 Å². The van der Waals surface area contributed by atoms with Gasteiger partial charge in [0.25, 0.3) is 0 Å². The highest BCUT2D eigenvalue weighted by molar-refractivity contribution is 6.05. The van der Waals surface area contributed by atoms with Crippen molar-refractivity contribution in [3.8, 4) is 11.5 Å². The fraction of sp³-hybridized carbons (Fsp3) is 0.250. The van der Waals surface area contributed by atoms with E-state index in [-0.39, 0.29) is 30.5 Å². The van der Waals surface area contributed by atoms with Crippen LogP contribution in [0.25, 0.3) is 0 Å². The number of hydrogen-bond acceptors (Lipinski definition) is 5. The standard InChI is InChI=1S/C20H22FN3O4/c1-13(10-19(25)22-16-7-5-15(21)6-8-16)23-24-20(26)12-14-4-9-17(27-2)18(11-14)28-3/h4-9,11H,10,12H2,1-3H3,(H,22,25)(H,24,26)/b23-13-. The summed E-state index contributed by atoms with van der Waals surface area (Å²) in [4.78, 5) is 24.0. The molecule has 2 N–H and O–H groups in total. The summed E-state index contributed by atoms with van der Waals surface area (Å²) in [6.45, 7) is 1.63. The van der Waals surface area contributed by atoms with Gasteiger partial charge in [0, 0.05) is 11.4 Å². The molecule has 0 saturated heterocycles. The number of hydrazone groups is 1. The number of carbonyl (C=O) groups is 2. The Balaban J connectivity index is 1.85. The molecule has 2 aromatic carbocycles. The van der Waals surface area contributed by atoms with Crippen LogP contribution in [-0.4, -0.2) is 31.7 Å². The molecule has 148 valence electrons. The predicted molar refractivity (Wildman–Crippen MR) is 104 cm³/mol. The summed E-state index contributed by atoms with van der Waals surface area (Å²) in [5.74, 6) is 0.0816. The van der Waals surface area contributed by atoms with Gasteiger partial charge >= 0.3 is 0 Å². The molecule has 0 bridgehead atoms. The van der Waals surface area contributed by atoms with Crippen LogP contribution in [0.3, 0.4) is 0 Å². The van der Waals surface area contributed by atoms with Gasteiger partial charge in [0.15, 0.2) is 11.5 Å². The maximum Gasteiger partial charge on any atom is 0.244 e. The van der Waals surface area contributed by atoms with Gasteiger partial charge in [-0.25, -0.2) is 9.82 Å². The minimum atomic E-state index is -0.382. The summed E-state index contributed by atoms with van der Waals surface area (Å²) < 4.78 is 23.2. The molecule has 0 spiro atoms. The highest BCUT2D eigenvalue weighted by Crippen LogP contribution is 2.27. The molecule has 2 amide bonds. The van der Waals surface area contributed by atoms with Crippen molar-refractivity contribution in [3.05, 3.63) is 53.8 Å². The number of halogens is 1. The Kier molecular flexibility index (Phi) is 7.50. The Morgan fingerprint density at radius 3 is 2.32 bits per heavy atom. The average molecular weight is 387 g/mol. The molecule has 2 aromatic rings. The van der Waals surface area contributed by atoms with E-state index in [0.29, 0.717) is 22.9 Å². The maximum atomic E-state index is 12.9. The van der Waals surface area contributed by atoms with Crippen LogP contribution >= 0.6 is 0 Å². The summed E-state index contributed by atoms with van der Waals surface area (Å²) in [6, 6.07) is 10.6. The molecule has 0 atom stereocenters. The molecule has 0 aromatic heterocycles. The SMILES string of the molecule is COc1ccc(CC(=O)N/N=C(/C)CC(=O)Nc2ccc(F)cc2)cc1OC. The molecule has 0 heterocycles. The number of rotatable bonds is 8. The third-order valence-electron chi connectivity index (χ3n) is 3.73. The lowest BCUT2D eigenvalue weighted by Crippen LogP contribution is -2.22. The predicted octanol–water partition coefficient (Wildman–Crippen LogP) is 2.91. The molecule has 2 rings (SSSR count). The van der Waals surface area contributed by atoms with E-state index in [9.17, 15) is 14.0 Å². The minimum Gasteiger partial charge on any atom is -0.493 e. The first kappa shape index (κ1) is 20.9.